The third-order valence-corrected chi connectivity index (χ3v) is 6.28. The Kier molecular flexibility index (Phi) is 5.59. The second-order valence-corrected chi connectivity index (χ2v) is 9.32. The van der Waals surface area contributed by atoms with Gasteiger partial charge in [-0.05, 0) is 31.6 Å². The number of nitrogens with zero attached hydrogens (tertiary/aromatic N) is 2. The Labute approximate surface area is 144 Å². The van der Waals surface area contributed by atoms with Crippen LogP contribution in [0, 0.1) is 5.92 Å². The van der Waals surface area contributed by atoms with E-state index < -0.39 is 21.6 Å². The van der Waals surface area contributed by atoms with E-state index in [2.05, 4.69) is 5.32 Å². The Balaban J connectivity index is 2.25. The number of carbonyl (C=O) groups excluding carboxylic acids is 2. The Bertz CT molecular complexity index is 594. The monoisotopic (exact) mass is 359 g/mol. The van der Waals surface area contributed by atoms with Gasteiger partial charge in [-0.2, -0.15) is 0 Å². The zero-order valence-corrected chi connectivity index (χ0v) is 15.9. The lowest BCUT2D eigenvalue weighted by atomic mass is 9.81. The molecule has 1 spiro atoms. The fourth-order valence-corrected chi connectivity index (χ4v) is 4.59. The minimum atomic E-state index is -3.27. The van der Waals surface area contributed by atoms with Crippen molar-refractivity contribution in [3.63, 3.8) is 0 Å². The van der Waals surface area contributed by atoms with E-state index >= 15 is 0 Å². The number of amides is 2. The molecule has 2 rings (SSSR count). The van der Waals surface area contributed by atoms with Crippen LogP contribution < -0.4 is 5.32 Å². The van der Waals surface area contributed by atoms with Crippen molar-refractivity contribution < 1.29 is 18.0 Å². The van der Waals surface area contributed by atoms with E-state index in [0.29, 0.717) is 31.7 Å². The molecule has 2 saturated heterocycles. The third kappa shape index (κ3) is 3.59. The topological polar surface area (TPSA) is 86.8 Å². The highest BCUT2D eigenvalue weighted by Gasteiger charge is 2.53. The third-order valence-electron chi connectivity index (χ3n) is 4.98. The predicted octanol–water partition coefficient (Wildman–Crippen LogP) is 0.564. The van der Waals surface area contributed by atoms with Gasteiger partial charge in [0.15, 0.2) is 0 Å². The van der Waals surface area contributed by atoms with Gasteiger partial charge in [-0.25, -0.2) is 12.7 Å². The molecule has 0 aromatic carbocycles. The Hall–Kier alpha value is -1.15. The van der Waals surface area contributed by atoms with E-state index in [9.17, 15) is 18.0 Å². The van der Waals surface area contributed by atoms with Crippen molar-refractivity contribution >= 4 is 21.8 Å². The van der Waals surface area contributed by atoms with Gasteiger partial charge < -0.3 is 10.2 Å². The summed E-state index contributed by atoms with van der Waals surface area (Å²) in [6.07, 6.45) is 3.28. The van der Waals surface area contributed by atoms with Crippen LogP contribution in [0.4, 0.5) is 0 Å². The van der Waals surface area contributed by atoms with Gasteiger partial charge in [0, 0.05) is 19.6 Å². The summed E-state index contributed by atoms with van der Waals surface area (Å²) in [5.41, 5.74) is -0.901. The molecule has 2 fully saturated rings. The van der Waals surface area contributed by atoms with Gasteiger partial charge in [0.2, 0.25) is 21.8 Å². The normalized spacial score (nSPS) is 25.4. The molecule has 24 heavy (non-hydrogen) atoms. The average molecular weight is 359 g/mol. The van der Waals surface area contributed by atoms with Crippen molar-refractivity contribution in [3.8, 4) is 0 Å². The molecule has 0 saturated carbocycles. The van der Waals surface area contributed by atoms with Crippen molar-refractivity contribution in [1.29, 1.82) is 0 Å². The standard InChI is InChI=1S/C16H29N3O4S/c1-5-8-19-14(20)13(11-12(2)3)17-15(21)16(19)6-9-18(10-7-16)24(4,22)23/h12-13H,5-11H2,1-4H3,(H,17,21). The number of nitrogens with one attached hydrogen (secondary N) is 1. The summed E-state index contributed by atoms with van der Waals surface area (Å²) in [4.78, 5) is 27.5. The van der Waals surface area contributed by atoms with Crippen LogP contribution in [-0.4, -0.2) is 66.9 Å². The second-order valence-electron chi connectivity index (χ2n) is 7.34. The molecule has 0 bridgehead atoms. The van der Waals surface area contributed by atoms with Gasteiger partial charge in [-0.1, -0.05) is 20.8 Å². The van der Waals surface area contributed by atoms with Crippen LogP contribution in [0.25, 0.3) is 0 Å². The SMILES string of the molecule is CCCN1C(=O)C(CC(C)C)NC(=O)C12CCN(S(C)(=O)=O)CC2. The summed E-state index contributed by atoms with van der Waals surface area (Å²) < 4.78 is 24.8. The minimum absolute atomic E-state index is 0.0297. The molecular weight excluding hydrogens is 330 g/mol. The maximum absolute atomic E-state index is 12.9. The lowest BCUT2D eigenvalue weighted by molar-refractivity contribution is -0.160. The molecule has 0 aliphatic carbocycles. The molecule has 0 radical (unpaired) electrons. The first-order valence-corrected chi connectivity index (χ1v) is 10.5. The molecule has 1 atom stereocenters. The Morgan fingerprint density at radius 1 is 1.25 bits per heavy atom. The van der Waals surface area contributed by atoms with E-state index in [-0.39, 0.29) is 24.9 Å². The quantitative estimate of drug-likeness (QED) is 0.777. The molecule has 8 heteroatoms. The molecule has 2 heterocycles. The first-order valence-electron chi connectivity index (χ1n) is 8.69. The Morgan fingerprint density at radius 2 is 1.83 bits per heavy atom. The van der Waals surface area contributed by atoms with Crippen molar-refractivity contribution in [2.24, 2.45) is 5.92 Å². The average Bonchev–Trinajstić information content (AvgIpc) is 2.48. The highest BCUT2D eigenvalue weighted by atomic mass is 32.2. The number of hydrogen-bond donors (Lipinski definition) is 1. The molecule has 2 aliphatic heterocycles. The first kappa shape index (κ1) is 19.2. The summed E-state index contributed by atoms with van der Waals surface area (Å²) in [5, 5.41) is 2.90. The van der Waals surface area contributed by atoms with Crippen molar-refractivity contribution in [2.75, 3.05) is 25.9 Å². The van der Waals surface area contributed by atoms with Crippen LogP contribution in [0.5, 0.6) is 0 Å². The van der Waals surface area contributed by atoms with E-state index in [0.717, 1.165) is 6.42 Å². The summed E-state index contributed by atoms with van der Waals surface area (Å²) in [6, 6.07) is -0.470. The fourth-order valence-electron chi connectivity index (χ4n) is 3.74. The van der Waals surface area contributed by atoms with Gasteiger partial charge in [-0.15, -0.1) is 0 Å². The lowest BCUT2D eigenvalue weighted by Gasteiger charge is -2.51. The Morgan fingerprint density at radius 3 is 2.29 bits per heavy atom. The van der Waals surface area contributed by atoms with E-state index in [1.807, 2.05) is 20.8 Å². The molecule has 0 aromatic rings. The van der Waals surface area contributed by atoms with E-state index in [4.69, 9.17) is 0 Å². The highest BCUT2D eigenvalue weighted by Crippen LogP contribution is 2.34. The maximum atomic E-state index is 12.9. The fraction of sp³-hybridized carbons (Fsp3) is 0.875. The summed E-state index contributed by atoms with van der Waals surface area (Å²) in [7, 11) is -3.27. The number of sulfonamides is 1. The van der Waals surface area contributed by atoms with Gasteiger partial charge in [0.05, 0.1) is 6.26 Å². The molecule has 138 valence electrons. The number of piperazine rings is 1. The van der Waals surface area contributed by atoms with Crippen LogP contribution in [0.15, 0.2) is 0 Å². The molecule has 2 amide bonds. The molecule has 1 unspecified atom stereocenters. The molecule has 0 aromatic heterocycles. The van der Waals surface area contributed by atoms with Crippen molar-refractivity contribution in [1.82, 2.24) is 14.5 Å². The van der Waals surface area contributed by atoms with Gasteiger partial charge >= 0.3 is 0 Å². The van der Waals surface area contributed by atoms with E-state index in [1.54, 1.807) is 4.90 Å². The van der Waals surface area contributed by atoms with Gasteiger partial charge in [0.25, 0.3) is 0 Å². The van der Waals surface area contributed by atoms with Crippen molar-refractivity contribution in [2.45, 2.75) is 58.0 Å². The smallest absolute Gasteiger partial charge is 0.246 e. The minimum Gasteiger partial charge on any atom is -0.342 e. The lowest BCUT2D eigenvalue weighted by Crippen LogP contribution is -2.73. The number of hydrogen-bond acceptors (Lipinski definition) is 4. The van der Waals surface area contributed by atoms with Crippen LogP contribution in [-0.2, 0) is 19.6 Å². The van der Waals surface area contributed by atoms with Crippen LogP contribution in [0.2, 0.25) is 0 Å². The zero-order valence-electron chi connectivity index (χ0n) is 15.0. The van der Waals surface area contributed by atoms with Crippen LogP contribution >= 0.6 is 0 Å². The zero-order chi connectivity index (χ0) is 18.1. The van der Waals surface area contributed by atoms with E-state index in [1.165, 1.54) is 10.6 Å². The largest absolute Gasteiger partial charge is 0.342 e. The van der Waals surface area contributed by atoms with Gasteiger partial charge in [-0.3, -0.25) is 9.59 Å². The number of rotatable bonds is 5. The van der Waals surface area contributed by atoms with Crippen LogP contribution in [0.1, 0.15) is 46.5 Å². The summed E-state index contributed by atoms with van der Waals surface area (Å²) in [5.74, 6) is 0.149. The number of carbonyl (C=O) groups is 2. The van der Waals surface area contributed by atoms with Gasteiger partial charge in [0.1, 0.15) is 11.6 Å². The first-order chi connectivity index (χ1) is 11.1. The second kappa shape index (κ2) is 7.00. The summed E-state index contributed by atoms with van der Waals surface area (Å²) in [6.45, 7) is 7.11. The number of piperidine rings is 1. The molecule has 2 aliphatic rings. The predicted molar refractivity (Wildman–Crippen MR) is 91.8 cm³/mol. The molecular formula is C16H29N3O4S. The summed E-state index contributed by atoms with van der Waals surface area (Å²) >= 11 is 0. The molecule has 1 N–H and O–H groups in total. The highest BCUT2D eigenvalue weighted by molar-refractivity contribution is 7.88. The maximum Gasteiger partial charge on any atom is 0.246 e. The van der Waals surface area contributed by atoms with Crippen LogP contribution in [0.3, 0.4) is 0 Å². The molecule has 7 nitrogen and oxygen atoms in total. The van der Waals surface area contributed by atoms with Crippen molar-refractivity contribution in [3.05, 3.63) is 0 Å².